The van der Waals surface area contributed by atoms with Gasteiger partial charge in [0.15, 0.2) is 6.61 Å². The van der Waals surface area contributed by atoms with Crippen molar-refractivity contribution in [1.29, 1.82) is 5.26 Å². The van der Waals surface area contributed by atoms with Crippen molar-refractivity contribution < 1.29 is 12.6 Å². The van der Waals surface area contributed by atoms with Gasteiger partial charge in [-0.15, -0.1) is 0 Å². The lowest BCUT2D eigenvalue weighted by molar-refractivity contribution is 0.374. The van der Waals surface area contributed by atoms with E-state index >= 15 is 0 Å². The summed E-state index contributed by atoms with van der Waals surface area (Å²) in [5.41, 5.74) is 0. The van der Waals surface area contributed by atoms with Crippen molar-refractivity contribution in [3.05, 3.63) is 0 Å². The second-order valence-electron chi connectivity index (χ2n) is 0.813. The highest BCUT2D eigenvalue weighted by Gasteiger charge is 2.01. The number of nitriles is 1. The Morgan fingerprint density at radius 1 is 1.75 bits per heavy atom. The maximum absolute atomic E-state index is 9.78. The molecule has 0 saturated heterocycles. The van der Waals surface area contributed by atoms with E-state index in [1.165, 1.54) is 6.07 Å². The molecule has 0 radical (unpaired) electrons. The van der Waals surface area contributed by atoms with Crippen molar-refractivity contribution in [2.75, 3.05) is 6.61 Å². The van der Waals surface area contributed by atoms with Crippen LogP contribution in [0.5, 0.6) is 0 Å². The van der Waals surface area contributed by atoms with Crippen LogP contribution in [0.1, 0.15) is 0 Å². The van der Waals surface area contributed by atoms with Crippen LogP contribution in [-0.4, -0.2) is 15.0 Å². The normalized spacial score (nSPS) is 10.5. The lowest BCUT2D eigenvalue weighted by Crippen LogP contribution is -1.95. The van der Waals surface area contributed by atoms with Gasteiger partial charge in [-0.05, 0) is 0 Å². The summed E-state index contributed by atoms with van der Waals surface area (Å²) in [6.07, 6.45) is 0. The molecule has 0 aliphatic heterocycles. The van der Waals surface area contributed by atoms with Crippen LogP contribution in [0, 0.1) is 11.3 Å². The zero-order chi connectivity index (χ0) is 6.62. The van der Waals surface area contributed by atoms with Crippen LogP contribution in [-0.2, 0) is 13.5 Å². The zero-order valence-corrected chi connectivity index (χ0v) is 5.24. The molecule has 0 bridgehead atoms. The highest BCUT2D eigenvalue weighted by Crippen LogP contribution is 1.95. The number of hydrogen-bond donors (Lipinski definition) is 0. The van der Waals surface area contributed by atoms with Crippen LogP contribution in [0.3, 0.4) is 0 Å². The highest BCUT2D eigenvalue weighted by atomic mass is 35.7. The number of halogens is 1. The quantitative estimate of drug-likeness (QED) is 0.527. The van der Waals surface area contributed by atoms with Crippen molar-refractivity contribution in [2.45, 2.75) is 0 Å². The molecule has 0 heterocycles. The summed E-state index contributed by atoms with van der Waals surface area (Å²) in [5.74, 6) is 0. The van der Waals surface area contributed by atoms with Gasteiger partial charge in [-0.25, -0.2) is 4.18 Å². The summed E-state index contributed by atoms with van der Waals surface area (Å²) in [5, 5.41) is 7.73. The summed E-state index contributed by atoms with van der Waals surface area (Å²) in [6.45, 7) is -0.536. The molecule has 6 heteroatoms. The molecule has 0 aliphatic carbocycles. The third-order valence-corrected chi connectivity index (χ3v) is 0.931. The van der Waals surface area contributed by atoms with E-state index in [-0.39, 0.29) is 0 Å². The van der Waals surface area contributed by atoms with E-state index in [4.69, 9.17) is 5.26 Å². The topological polar surface area (TPSA) is 67.2 Å². The Bertz CT molecular complexity index is 190. The minimum absolute atomic E-state index is 0.536. The third-order valence-electron chi connectivity index (χ3n) is 0.264. The molecule has 0 unspecified atom stereocenters. The van der Waals surface area contributed by atoms with Gasteiger partial charge in [0.1, 0.15) is 0 Å². The summed E-state index contributed by atoms with van der Waals surface area (Å²) in [7, 11) is 0.574. The van der Waals surface area contributed by atoms with E-state index in [1.807, 2.05) is 0 Å². The first-order valence-electron chi connectivity index (χ1n) is 1.52. The Hall–Kier alpha value is -0.310. The van der Waals surface area contributed by atoms with Crippen LogP contribution in [0.4, 0.5) is 0 Å². The molecule has 0 spiro atoms. The molecule has 0 rings (SSSR count). The van der Waals surface area contributed by atoms with Crippen LogP contribution in [0.2, 0.25) is 0 Å². The number of nitrogens with zero attached hydrogens (tertiary/aromatic N) is 1. The van der Waals surface area contributed by atoms with Gasteiger partial charge in [-0.3, -0.25) is 0 Å². The van der Waals surface area contributed by atoms with Crippen LogP contribution in [0.15, 0.2) is 0 Å². The first-order chi connectivity index (χ1) is 3.56. The van der Waals surface area contributed by atoms with E-state index in [2.05, 4.69) is 14.9 Å². The third kappa shape index (κ3) is 5.69. The molecule has 0 fully saturated rings. The van der Waals surface area contributed by atoms with E-state index in [1.54, 1.807) is 0 Å². The molecule has 0 aromatic carbocycles. The predicted molar refractivity (Wildman–Crippen MR) is 26.3 cm³/mol. The first kappa shape index (κ1) is 7.69. The Morgan fingerprint density at radius 3 is 2.38 bits per heavy atom. The van der Waals surface area contributed by atoms with Gasteiger partial charge in [0.05, 0.1) is 6.07 Å². The van der Waals surface area contributed by atoms with Gasteiger partial charge in [-0.2, -0.15) is 13.7 Å². The van der Waals surface area contributed by atoms with Crippen LogP contribution in [0.25, 0.3) is 0 Å². The van der Waals surface area contributed by atoms with E-state index in [9.17, 15) is 8.42 Å². The smallest absolute Gasteiger partial charge is 0.243 e. The standard InChI is InChI=1S/C2H2ClNO3S/c3-8(5,6)7-2-1-4/h2H2. The number of rotatable bonds is 2. The zero-order valence-electron chi connectivity index (χ0n) is 3.67. The van der Waals surface area contributed by atoms with E-state index in [0.717, 1.165) is 0 Å². The lowest BCUT2D eigenvalue weighted by Gasteiger charge is -1.85. The van der Waals surface area contributed by atoms with Crippen molar-refractivity contribution in [3.8, 4) is 6.07 Å². The molecule has 8 heavy (non-hydrogen) atoms. The predicted octanol–water partition coefficient (Wildman–Crippen LogP) is 0.0102. The van der Waals surface area contributed by atoms with Crippen molar-refractivity contribution in [1.82, 2.24) is 0 Å². The molecule has 0 N–H and O–H groups in total. The van der Waals surface area contributed by atoms with Gasteiger partial charge >= 0.3 is 9.33 Å². The maximum atomic E-state index is 9.78. The minimum atomic E-state index is -3.94. The molecule has 0 atom stereocenters. The van der Waals surface area contributed by atoms with Gasteiger partial charge in [-0.1, -0.05) is 0 Å². The summed E-state index contributed by atoms with van der Waals surface area (Å²) in [4.78, 5) is 0. The molecular formula is C2H2ClNO3S. The molecular weight excluding hydrogens is 154 g/mol. The second kappa shape index (κ2) is 2.87. The molecule has 0 aromatic heterocycles. The number of hydrogen-bond acceptors (Lipinski definition) is 4. The van der Waals surface area contributed by atoms with Gasteiger partial charge in [0.25, 0.3) is 0 Å². The summed E-state index contributed by atoms with van der Waals surface area (Å²) in [6, 6.07) is 1.44. The fourth-order valence-corrected chi connectivity index (χ4v) is 0.424. The molecule has 0 aromatic rings. The second-order valence-corrected chi connectivity index (χ2v) is 2.97. The van der Waals surface area contributed by atoms with E-state index in [0.29, 0.717) is 0 Å². The molecule has 0 saturated carbocycles. The Balaban J connectivity index is 3.63. The molecule has 46 valence electrons. The Labute approximate surface area is 51.3 Å². The average molecular weight is 156 g/mol. The lowest BCUT2D eigenvalue weighted by atomic mass is 10.9. The Kier molecular flexibility index (Phi) is 2.76. The van der Waals surface area contributed by atoms with Crippen molar-refractivity contribution >= 4 is 20.0 Å². The maximum Gasteiger partial charge on any atom is 0.356 e. The van der Waals surface area contributed by atoms with Gasteiger partial charge < -0.3 is 0 Å². The van der Waals surface area contributed by atoms with Crippen molar-refractivity contribution in [3.63, 3.8) is 0 Å². The average Bonchev–Trinajstić information content (AvgIpc) is 1.59. The molecule has 4 nitrogen and oxygen atoms in total. The fourth-order valence-electron chi connectivity index (χ4n) is 0.0967. The van der Waals surface area contributed by atoms with E-state index < -0.39 is 15.9 Å². The van der Waals surface area contributed by atoms with Gasteiger partial charge in [0, 0.05) is 10.7 Å². The SMILES string of the molecule is N#CCOS(=O)(=O)Cl. The monoisotopic (exact) mass is 155 g/mol. The largest absolute Gasteiger partial charge is 0.356 e. The van der Waals surface area contributed by atoms with Crippen molar-refractivity contribution in [2.24, 2.45) is 0 Å². The summed E-state index contributed by atoms with van der Waals surface area (Å²) < 4.78 is 23.3. The summed E-state index contributed by atoms with van der Waals surface area (Å²) >= 11 is 0. The highest BCUT2D eigenvalue weighted by molar-refractivity contribution is 8.09. The van der Waals surface area contributed by atoms with Gasteiger partial charge in [0.2, 0.25) is 0 Å². The molecule has 0 aliphatic rings. The Morgan fingerprint density at radius 2 is 2.25 bits per heavy atom. The van der Waals surface area contributed by atoms with Crippen LogP contribution >= 0.6 is 10.7 Å². The first-order valence-corrected chi connectivity index (χ1v) is 3.75. The molecule has 0 amide bonds. The van der Waals surface area contributed by atoms with Crippen LogP contribution < -0.4 is 0 Å². The fraction of sp³-hybridized carbons (Fsp3) is 0.500. The minimum Gasteiger partial charge on any atom is -0.243 e.